The summed E-state index contributed by atoms with van der Waals surface area (Å²) in [5.41, 5.74) is 0. The smallest absolute Gasteiger partial charge is 0.224 e. The zero-order valence-electron chi connectivity index (χ0n) is 12.2. The summed E-state index contributed by atoms with van der Waals surface area (Å²) in [6.45, 7) is 1.55. The zero-order chi connectivity index (χ0) is 15.3. The third-order valence-electron chi connectivity index (χ3n) is 3.64. The lowest BCUT2D eigenvalue weighted by atomic mass is 10.0. The van der Waals surface area contributed by atoms with Gasteiger partial charge in [-0.15, -0.1) is 0 Å². The van der Waals surface area contributed by atoms with E-state index in [1.165, 1.54) is 0 Å². The molecule has 1 aromatic rings. The Morgan fingerprint density at radius 3 is 2.90 bits per heavy atom. The summed E-state index contributed by atoms with van der Waals surface area (Å²) in [4.78, 5) is 14.1. The standard InChI is InChI=1S/C13H22N4O3S/c1-21(19,20)15-11-12-5-2-3-9-17(12)13(18)6-10-16-8-4-7-14-16/h4,7-8,12,15H,2-3,5-6,9-11H2,1H3/t12-/m0/s1. The minimum absolute atomic E-state index is 0.0430. The highest BCUT2D eigenvalue weighted by molar-refractivity contribution is 7.88. The Kier molecular flexibility index (Phi) is 5.35. The molecule has 0 bridgehead atoms. The van der Waals surface area contributed by atoms with Crippen molar-refractivity contribution in [3.05, 3.63) is 18.5 Å². The second-order valence-electron chi connectivity index (χ2n) is 5.38. The maximum atomic E-state index is 12.3. The van der Waals surface area contributed by atoms with Crippen LogP contribution in [0.15, 0.2) is 18.5 Å². The number of aryl methyl sites for hydroxylation is 1. The monoisotopic (exact) mass is 314 g/mol. The quantitative estimate of drug-likeness (QED) is 0.813. The van der Waals surface area contributed by atoms with Crippen molar-refractivity contribution in [1.29, 1.82) is 0 Å². The molecule has 118 valence electrons. The number of amides is 1. The van der Waals surface area contributed by atoms with Crippen LogP contribution in [-0.2, 0) is 21.4 Å². The Morgan fingerprint density at radius 2 is 2.24 bits per heavy atom. The Bertz CT molecular complexity index is 556. The molecule has 7 nitrogen and oxygen atoms in total. The molecule has 1 atom stereocenters. The second-order valence-corrected chi connectivity index (χ2v) is 7.21. The predicted molar refractivity (Wildman–Crippen MR) is 79.0 cm³/mol. The Morgan fingerprint density at radius 1 is 1.43 bits per heavy atom. The summed E-state index contributed by atoms with van der Waals surface area (Å²) in [5.74, 6) is 0.0606. The van der Waals surface area contributed by atoms with Crippen LogP contribution < -0.4 is 4.72 Å². The van der Waals surface area contributed by atoms with E-state index in [9.17, 15) is 13.2 Å². The minimum atomic E-state index is -3.22. The molecule has 2 rings (SSSR count). The largest absolute Gasteiger partial charge is 0.338 e. The van der Waals surface area contributed by atoms with Crippen molar-refractivity contribution in [3.8, 4) is 0 Å². The number of aromatic nitrogens is 2. The van der Waals surface area contributed by atoms with Crippen LogP contribution in [-0.4, -0.2) is 54.4 Å². The van der Waals surface area contributed by atoms with Gasteiger partial charge in [-0.05, 0) is 25.3 Å². The van der Waals surface area contributed by atoms with Crippen LogP contribution in [0.3, 0.4) is 0 Å². The highest BCUT2D eigenvalue weighted by atomic mass is 32.2. The van der Waals surface area contributed by atoms with Crippen LogP contribution in [0, 0.1) is 0 Å². The van der Waals surface area contributed by atoms with Crippen LogP contribution >= 0.6 is 0 Å². The molecule has 0 unspecified atom stereocenters. The van der Waals surface area contributed by atoms with Crippen molar-refractivity contribution in [2.75, 3.05) is 19.3 Å². The van der Waals surface area contributed by atoms with E-state index in [1.807, 2.05) is 17.2 Å². The zero-order valence-corrected chi connectivity index (χ0v) is 13.1. The van der Waals surface area contributed by atoms with E-state index in [1.54, 1.807) is 10.9 Å². The van der Waals surface area contributed by atoms with Crippen LogP contribution in [0.25, 0.3) is 0 Å². The van der Waals surface area contributed by atoms with Gasteiger partial charge in [0.2, 0.25) is 15.9 Å². The number of hydrogen-bond donors (Lipinski definition) is 1. The number of sulfonamides is 1. The average Bonchev–Trinajstić information content (AvgIpc) is 2.95. The van der Waals surface area contributed by atoms with E-state index in [0.717, 1.165) is 25.5 Å². The van der Waals surface area contributed by atoms with Crippen molar-refractivity contribution in [2.45, 2.75) is 38.3 Å². The van der Waals surface area contributed by atoms with Gasteiger partial charge in [-0.3, -0.25) is 9.48 Å². The number of hydrogen-bond acceptors (Lipinski definition) is 4. The molecule has 0 aliphatic carbocycles. The fourth-order valence-electron chi connectivity index (χ4n) is 2.58. The van der Waals surface area contributed by atoms with Crippen LogP contribution in [0.4, 0.5) is 0 Å². The number of nitrogens with zero attached hydrogens (tertiary/aromatic N) is 3. The lowest BCUT2D eigenvalue weighted by molar-refractivity contribution is -0.135. The van der Waals surface area contributed by atoms with E-state index in [4.69, 9.17) is 0 Å². The molecule has 0 spiro atoms. The third kappa shape index (κ3) is 5.13. The maximum absolute atomic E-state index is 12.3. The highest BCUT2D eigenvalue weighted by Gasteiger charge is 2.26. The number of likely N-dealkylation sites (tertiary alicyclic amines) is 1. The summed E-state index contributed by atoms with van der Waals surface area (Å²) in [6.07, 6.45) is 7.88. The molecular formula is C13H22N4O3S. The minimum Gasteiger partial charge on any atom is -0.338 e. The third-order valence-corrected chi connectivity index (χ3v) is 4.33. The van der Waals surface area contributed by atoms with E-state index >= 15 is 0 Å². The number of rotatable bonds is 6. The van der Waals surface area contributed by atoms with E-state index < -0.39 is 10.0 Å². The summed E-state index contributed by atoms with van der Waals surface area (Å²) >= 11 is 0. The van der Waals surface area contributed by atoms with Crippen molar-refractivity contribution >= 4 is 15.9 Å². The lowest BCUT2D eigenvalue weighted by Crippen LogP contribution is -2.49. The summed E-state index contributed by atoms with van der Waals surface area (Å²) in [7, 11) is -3.22. The fraction of sp³-hybridized carbons (Fsp3) is 0.692. The summed E-state index contributed by atoms with van der Waals surface area (Å²) in [5, 5.41) is 4.08. The summed E-state index contributed by atoms with van der Waals surface area (Å²) in [6, 6.07) is 1.78. The molecule has 1 aromatic heterocycles. The molecule has 8 heteroatoms. The first-order valence-corrected chi connectivity index (χ1v) is 9.06. The van der Waals surface area contributed by atoms with Gasteiger partial charge in [0.25, 0.3) is 0 Å². The van der Waals surface area contributed by atoms with Gasteiger partial charge in [0.05, 0.1) is 6.26 Å². The molecule has 0 saturated carbocycles. The van der Waals surface area contributed by atoms with Crippen molar-refractivity contribution in [3.63, 3.8) is 0 Å². The fourth-order valence-corrected chi connectivity index (χ4v) is 3.07. The number of carbonyl (C=O) groups is 1. The van der Waals surface area contributed by atoms with Gasteiger partial charge in [-0.2, -0.15) is 5.10 Å². The number of carbonyl (C=O) groups excluding carboxylic acids is 1. The predicted octanol–water partition coefficient (Wildman–Crippen LogP) is 0.204. The van der Waals surface area contributed by atoms with Crippen molar-refractivity contribution in [1.82, 2.24) is 19.4 Å². The van der Waals surface area contributed by atoms with Crippen LogP contribution in [0.2, 0.25) is 0 Å². The van der Waals surface area contributed by atoms with Crippen LogP contribution in [0.1, 0.15) is 25.7 Å². The Labute approximate surface area is 125 Å². The molecule has 0 radical (unpaired) electrons. The normalized spacial score (nSPS) is 19.7. The first-order chi connectivity index (χ1) is 9.96. The molecular weight excluding hydrogens is 292 g/mol. The highest BCUT2D eigenvalue weighted by Crippen LogP contribution is 2.17. The maximum Gasteiger partial charge on any atom is 0.224 e. The van der Waals surface area contributed by atoms with Crippen molar-refractivity contribution in [2.24, 2.45) is 0 Å². The molecule has 1 N–H and O–H groups in total. The SMILES string of the molecule is CS(=O)(=O)NC[C@@H]1CCCCN1C(=O)CCn1cccn1. The topological polar surface area (TPSA) is 84.3 Å². The first-order valence-electron chi connectivity index (χ1n) is 7.17. The number of piperidine rings is 1. The second kappa shape index (κ2) is 7.04. The molecule has 1 aliphatic rings. The van der Waals surface area contributed by atoms with Gasteiger partial charge in [0, 0.05) is 44.5 Å². The van der Waals surface area contributed by atoms with E-state index in [0.29, 0.717) is 26.1 Å². The van der Waals surface area contributed by atoms with Crippen molar-refractivity contribution < 1.29 is 13.2 Å². The van der Waals surface area contributed by atoms with E-state index in [2.05, 4.69) is 9.82 Å². The van der Waals surface area contributed by atoms with Crippen LogP contribution in [0.5, 0.6) is 0 Å². The number of nitrogens with one attached hydrogen (secondary N) is 1. The first kappa shape index (κ1) is 16.0. The van der Waals surface area contributed by atoms with Gasteiger partial charge < -0.3 is 4.90 Å². The summed E-state index contributed by atoms with van der Waals surface area (Å²) < 4.78 is 26.6. The Hall–Kier alpha value is -1.41. The molecule has 0 aromatic carbocycles. The molecule has 1 saturated heterocycles. The molecule has 21 heavy (non-hydrogen) atoms. The lowest BCUT2D eigenvalue weighted by Gasteiger charge is -2.36. The van der Waals surface area contributed by atoms with Gasteiger partial charge in [0.15, 0.2) is 0 Å². The van der Waals surface area contributed by atoms with Gasteiger partial charge >= 0.3 is 0 Å². The molecule has 1 fully saturated rings. The van der Waals surface area contributed by atoms with Gasteiger partial charge in [-0.1, -0.05) is 0 Å². The molecule has 1 amide bonds. The molecule has 1 aliphatic heterocycles. The average molecular weight is 314 g/mol. The van der Waals surface area contributed by atoms with Gasteiger partial charge in [-0.25, -0.2) is 13.1 Å². The molecule has 2 heterocycles. The Balaban J connectivity index is 1.89. The van der Waals surface area contributed by atoms with E-state index in [-0.39, 0.29) is 11.9 Å². The van der Waals surface area contributed by atoms with Gasteiger partial charge in [0.1, 0.15) is 0 Å².